The standard InChI is InChI=1S/C18H18FNO4/c19-16-8-6-13(7-9-16)10-15(17(21)22)11-20-18(23)24-12-14-4-2-1-3-5-14/h1-9,15H,10-12H2,(H,20,23)(H,21,22). The molecule has 0 spiro atoms. The number of rotatable bonds is 7. The number of carboxylic acid groups (broad SMARTS) is 1. The summed E-state index contributed by atoms with van der Waals surface area (Å²) in [4.78, 5) is 23.0. The minimum atomic E-state index is -1.04. The zero-order valence-corrected chi connectivity index (χ0v) is 12.9. The summed E-state index contributed by atoms with van der Waals surface area (Å²) >= 11 is 0. The van der Waals surface area contributed by atoms with Crippen molar-refractivity contribution in [2.45, 2.75) is 13.0 Å². The number of carboxylic acids is 1. The first-order valence-electron chi connectivity index (χ1n) is 7.46. The second-order valence-electron chi connectivity index (χ2n) is 5.31. The number of carbonyl (C=O) groups is 2. The average molecular weight is 331 g/mol. The smallest absolute Gasteiger partial charge is 0.407 e. The molecule has 5 nitrogen and oxygen atoms in total. The number of halogens is 1. The molecule has 2 rings (SSSR count). The van der Waals surface area contributed by atoms with E-state index in [1.165, 1.54) is 24.3 Å². The topological polar surface area (TPSA) is 75.6 Å². The van der Waals surface area contributed by atoms with Crippen LogP contribution in [0.5, 0.6) is 0 Å². The van der Waals surface area contributed by atoms with Gasteiger partial charge in [0.2, 0.25) is 0 Å². The highest BCUT2D eigenvalue weighted by atomic mass is 19.1. The summed E-state index contributed by atoms with van der Waals surface area (Å²) in [6.45, 7) is 0.0444. The maximum atomic E-state index is 12.9. The third-order valence-corrected chi connectivity index (χ3v) is 3.45. The summed E-state index contributed by atoms with van der Waals surface area (Å²) in [6.07, 6.45) is -0.488. The fraction of sp³-hybridized carbons (Fsp3) is 0.222. The first kappa shape index (κ1) is 17.5. The van der Waals surface area contributed by atoms with Crippen molar-refractivity contribution in [3.05, 3.63) is 71.5 Å². The Hall–Kier alpha value is -2.89. The molecule has 0 heterocycles. The molecule has 0 aliphatic rings. The van der Waals surface area contributed by atoms with Crippen molar-refractivity contribution in [1.82, 2.24) is 5.32 Å². The van der Waals surface area contributed by atoms with E-state index in [-0.39, 0.29) is 25.4 Å². The predicted octanol–water partition coefficient (Wildman–Crippen LogP) is 3.00. The lowest BCUT2D eigenvalue weighted by Crippen LogP contribution is -2.34. The number of hydrogen-bond acceptors (Lipinski definition) is 3. The molecule has 0 aromatic heterocycles. The summed E-state index contributed by atoms with van der Waals surface area (Å²) < 4.78 is 17.9. The van der Waals surface area contributed by atoms with Crippen LogP contribution >= 0.6 is 0 Å². The van der Waals surface area contributed by atoms with Crippen LogP contribution < -0.4 is 5.32 Å². The summed E-state index contributed by atoms with van der Waals surface area (Å²) in [5.74, 6) is -2.24. The number of benzene rings is 2. The van der Waals surface area contributed by atoms with E-state index in [9.17, 15) is 19.1 Å². The Morgan fingerprint density at radius 2 is 1.71 bits per heavy atom. The van der Waals surface area contributed by atoms with Crippen LogP contribution in [-0.4, -0.2) is 23.7 Å². The zero-order valence-electron chi connectivity index (χ0n) is 12.9. The molecule has 0 aliphatic heterocycles. The van der Waals surface area contributed by atoms with Crippen molar-refractivity contribution >= 4 is 12.1 Å². The third-order valence-electron chi connectivity index (χ3n) is 3.45. The van der Waals surface area contributed by atoms with Crippen molar-refractivity contribution in [1.29, 1.82) is 0 Å². The van der Waals surface area contributed by atoms with Crippen molar-refractivity contribution in [3.63, 3.8) is 0 Å². The van der Waals surface area contributed by atoms with E-state index in [0.29, 0.717) is 5.56 Å². The third kappa shape index (κ3) is 5.72. The van der Waals surface area contributed by atoms with Crippen LogP contribution in [0.4, 0.5) is 9.18 Å². The molecular weight excluding hydrogens is 313 g/mol. The van der Waals surface area contributed by atoms with Gasteiger partial charge in [0.05, 0.1) is 5.92 Å². The molecule has 1 atom stereocenters. The Labute approximate surface area is 139 Å². The number of nitrogens with one attached hydrogen (secondary N) is 1. The SMILES string of the molecule is O=C(NCC(Cc1ccc(F)cc1)C(=O)O)OCc1ccccc1. The van der Waals surface area contributed by atoms with E-state index < -0.39 is 18.0 Å². The molecule has 0 saturated heterocycles. The first-order chi connectivity index (χ1) is 11.5. The summed E-state index contributed by atoms with van der Waals surface area (Å²) in [7, 11) is 0. The monoisotopic (exact) mass is 331 g/mol. The minimum Gasteiger partial charge on any atom is -0.481 e. The molecule has 0 bridgehead atoms. The van der Waals surface area contributed by atoms with Crippen LogP contribution in [0.3, 0.4) is 0 Å². The maximum absolute atomic E-state index is 12.9. The van der Waals surface area contributed by atoms with E-state index in [0.717, 1.165) is 5.56 Å². The molecule has 126 valence electrons. The first-order valence-corrected chi connectivity index (χ1v) is 7.46. The summed E-state index contributed by atoms with van der Waals surface area (Å²) in [5.41, 5.74) is 1.52. The largest absolute Gasteiger partial charge is 0.481 e. The summed E-state index contributed by atoms with van der Waals surface area (Å²) in [5, 5.41) is 11.7. The van der Waals surface area contributed by atoms with Crippen LogP contribution in [-0.2, 0) is 22.6 Å². The van der Waals surface area contributed by atoms with Crippen molar-refractivity contribution in [2.75, 3.05) is 6.54 Å². The van der Waals surface area contributed by atoms with Crippen LogP contribution in [0.2, 0.25) is 0 Å². The van der Waals surface area contributed by atoms with E-state index in [1.807, 2.05) is 30.3 Å². The highest BCUT2D eigenvalue weighted by Crippen LogP contribution is 2.10. The van der Waals surface area contributed by atoms with Crippen LogP contribution in [0.1, 0.15) is 11.1 Å². The van der Waals surface area contributed by atoms with Gasteiger partial charge in [-0.15, -0.1) is 0 Å². The number of alkyl carbamates (subject to hydrolysis) is 1. The van der Waals surface area contributed by atoms with Gasteiger partial charge in [-0.25, -0.2) is 9.18 Å². The zero-order chi connectivity index (χ0) is 17.4. The molecule has 2 aromatic carbocycles. The molecule has 2 aromatic rings. The fourth-order valence-electron chi connectivity index (χ4n) is 2.13. The van der Waals surface area contributed by atoms with E-state index in [1.54, 1.807) is 0 Å². The normalized spacial score (nSPS) is 11.5. The van der Waals surface area contributed by atoms with Crippen LogP contribution in [0, 0.1) is 11.7 Å². The Balaban J connectivity index is 1.81. The van der Waals surface area contributed by atoms with Gasteiger partial charge in [-0.3, -0.25) is 4.79 Å². The van der Waals surface area contributed by atoms with Gasteiger partial charge in [0.1, 0.15) is 12.4 Å². The van der Waals surface area contributed by atoms with Crippen molar-refractivity contribution in [2.24, 2.45) is 5.92 Å². The summed E-state index contributed by atoms with van der Waals surface area (Å²) in [6, 6.07) is 14.8. The molecular formula is C18H18FNO4. The Kier molecular flexibility index (Phi) is 6.31. The molecule has 6 heteroatoms. The lowest BCUT2D eigenvalue weighted by molar-refractivity contribution is -0.141. The minimum absolute atomic E-state index is 0.0691. The highest BCUT2D eigenvalue weighted by molar-refractivity contribution is 5.72. The molecule has 0 radical (unpaired) electrons. The van der Waals surface area contributed by atoms with Gasteiger partial charge < -0.3 is 15.2 Å². The highest BCUT2D eigenvalue weighted by Gasteiger charge is 2.19. The van der Waals surface area contributed by atoms with Gasteiger partial charge in [0.15, 0.2) is 0 Å². The quantitative estimate of drug-likeness (QED) is 0.818. The molecule has 1 unspecified atom stereocenters. The van der Waals surface area contributed by atoms with Gasteiger partial charge in [0, 0.05) is 6.54 Å². The van der Waals surface area contributed by atoms with E-state index in [2.05, 4.69) is 5.32 Å². The van der Waals surface area contributed by atoms with Gasteiger partial charge in [0.25, 0.3) is 0 Å². The van der Waals surface area contributed by atoms with Gasteiger partial charge in [-0.1, -0.05) is 42.5 Å². The number of carbonyl (C=O) groups excluding carboxylic acids is 1. The maximum Gasteiger partial charge on any atom is 0.407 e. The number of hydrogen-bond donors (Lipinski definition) is 2. The number of aliphatic carboxylic acids is 1. The van der Waals surface area contributed by atoms with Crippen molar-refractivity contribution in [3.8, 4) is 0 Å². The molecule has 1 amide bonds. The average Bonchev–Trinajstić information content (AvgIpc) is 2.59. The fourth-order valence-corrected chi connectivity index (χ4v) is 2.13. The molecule has 2 N–H and O–H groups in total. The van der Waals surface area contributed by atoms with E-state index in [4.69, 9.17) is 4.74 Å². The Bertz CT molecular complexity index is 673. The van der Waals surface area contributed by atoms with Crippen molar-refractivity contribution < 1.29 is 23.8 Å². The second kappa shape index (κ2) is 8.67. The van der Waals surface area contributed by atoms with Gasteiger partial charge >= 0.3 is 12.1 Å². The lowest BCUT2D eigenvalue weighted by Gasteiger charge is -2.14. The number of ether oxygens (including phenoxy) is 1. The van der Waals surface area contributed by atoms with E-state index >= 15 is 0 Å². The Morgan fingerprint density at radius 3 is 2.33 bits per heavy atom. The van der Waals surface area contributed by atoms with Crippen LogP contribution in [0.15, 0.2) is 54.6 Å². The molecule has 0 aliphatic carbocycles. The molecule has 24 heavy (non-hydrogen) atoms. The molecule has 0 fully saturated rings. The number of amides is 1. The molecule has 0 saturated carbocycles. The predicted molar refractivity (Wildman–Crippen MR) is 85.9 cm³/mol. The second-order valence-corrected chi connectivity index (χ2v) is 5.31. The Morgan fingerprint density at radius 1 is 1.04 bits per heavy atom. The van der Waals surface area contributed by atoms with Gasteiger partial charge in [-0.2, -0.15) is 0 Å². The van der Waals surface area contributed by atoms with Crippen LogP contribution in [0.25, 0.3) is 0 Å². The lowest BCUT2D eigenvalue weighted by atomic mass is 9.99. The van der Waals surface area contributed by atoms with Gasteiger partial charge in [-0.05, 0) is 29.7 Å².